The molecule has 0 aliphatic heterocycles. The predicted octanol–water partition coefficient (Wildman–Crippen LogP) is 0.194. The Kier molecular flexibility index (Phi) is 3.11. The molecule has 1 atom stereocenters. The average molecular weight is 203 g/mol. The Morgan fingerprint density at radius 2 is 2.31 bits per heavy atom. The second kappa shape index (κ2) is 3.93. The van der Waals surface area contributed by atoms with Crippen LogP contribution in [0.25, 0.3) is 0 Å². The minimum Gasteiger partial charge on any atom is -0.472 e. The molecule has 0 saturated heterocycles. The maximum Gasteiger partial charge on any atom is 0.148 e. The lowest BCUT2D eigenvalue weighted by molar-refractivity contribution is 0.560. The van der Waals surface area contributed by atoms with Crippen molar-refractivity contribution in [1.82, 2.24) is 0 Å². The van der Waals surface area contributed by atoms with E-state index in [1.54, 1.807) is 18.6 Å². The molecule has 1 rings (SSSR count). The van der Waals surface area contributed by atoms with Gasteiger partial charge in [0.2, 0.25) is 0 Å². The van der Waals surface area contributed by atoms with Crippen molar-refractivity contribution in [2.24, 2.45) is 5.73 Å². The number of hydrogen-bond donors (Lipinski definition) is 1. The predicted molar refractivity (Wildman–Crippen MR) is 50.1 cm³/mol. The number of hydrogen-bond acceptors (Lipinski definition) is 4. The minimum absolute atomic E-state index is 0.0121. The third-order valence-electron chi connectivity index (χ3n) is 1.59. The van der Waals surface area contributed by atoms with Crippen LogP contribution in [-0.2, 0) is 16.3 Å². The van der Waals surface area contributed by atoms with Crippen molar-refractivity contribution in [2.75, 3.05) is 12.0 Å². The first-order valence-electron chi connectivity index (χ1n) is 3.92. The number of rotatable bonds is 4. The van der Waals surface area contributed by atoms with Crippen LogP contribution >= 0.6 is 0 Å². The number of sulfone groups is 1. The maximum atomic E-state index is 10.9. The Balaban J connectivity index is 2.47. The van der Waals surface area contributed by atoms with Crippen LogP contribution < -0.4 is 5.73 Å². The second-order valence-electron chi connectivity index (χ2n) is 3.19. The van der Waals surface area contributed by atoms with Crippen LogP contribution in [0.2, 0.25) is 0 Å². The van der Waals surface area contributed by atoms with Gasteiger partial charge in [-0.3, -0.25) is 0 Å². The van der Waals surface area contributed by atoms with Crippen LogP contribution in [0, 0.1) is 0 Å². The molecular weight excluding hydrogens is 190 g/mol. The standard InChI is InChI=1S/C8H13NO3S/c1-13(10,11)6-8(9)4-7-2-3-12-5-7/h2-3,5,8H,4,6,9H2,1H3. The fourth-order valence-corrected chi connectivity index (χ4v) is 2.05. The monoisotopic (exact) mass is 203 g/mol. The van der Waals surface area contributed by atoms with Crippen LogP contribution in [0.1, 0.15) is 5.56 Å². The molecule has 0 aromatic carbocycles. The first-order chi connectivity index (χ1) is 5.97. The van der Waals surface area contributed by atoms with Crippen LogP contribution in [0.3, 0.4) is 0 Å². The quantitative estimate of drug-likeness (QED) is 0.758. The minimum atomic E-state index is -2.98. The Hall–Kier alpha value is -0.810. The van der Waals surface area contributed by atoms with Gasteiger partial charge in [0.1, 0.15) is 9.84 Å². The van der Waals surface area contributed by atoms with E-state index in [1.165, 1.54) is 6.26 Å². The molecule has 0 bridgehead atoms. The van der Waals surface area contributed by atoms with Gasteiger partial charge >= 0.3 is 0 Å². The van der Waals surface area contributed by atoms with Gasteiger partial charge in [-0.2, -0.15) is 0 Å². The van der Waals surface area contributed by atoms with Crippen molar-refractivity contribution in [3.05, 3.63) is 24.2 Å². The molecule has 5 heteroatoms. The molecule has 1 aromatic rings. The Labute approximate surface area is 77.7 Å². The molecule has 0 amide bonds. The van der Waals surface area contributed by atoms with Gasteiger partial charge in [0, 0.05) is 12.3 Å². The summed E-state index contributed by atoms with van der Waals surface area (Å²) >= 11 is 0. The van der Waals surface area contributed by atoms with E-state index in [4.69, 9.17) is 10.2 Å². The SMILES string of the molecule is CS(=O)(=O)CC(N)Cc1ccoc1. The van der Waals surface area contributed by atoms with Gasteiger partial charge in [0.05, 0.1) is 18.3 Å². The Morgan fingerprint density at radius 1 is 1.62 bits per heavy atom. The lowest BCUT2D eigenvalue weighted by atomic mass is 10.1. The smallest absolute Gasteiger partial charge is 0.148 e. The third-order valence-corrected chi connectivity index (χ3v) is 2.63. The summed E-state index contributed by atoms with van der Waals surface area (Å²) in [6.07, 6.45) is 4.83. The van der Waals surface area contributed by atoms with Crippen molar-refractivity contribution in [2.45, 2.75) is 12.5 Å². The molecule has 0 fully saturated rings. The highest BCUT2D eigenvalue weighted by atomic mass is 32.2. The molecule has 74 valence electrons. The van der Waals surface area contributed by atoms with Crippen molar-refractivity contribution in [3.63, 3.8) is 0 Å². The summed E-state index contributed by atoms with van der Waals surface area (Å²) in [6.45, 7) is 0. The second-order valence-corrected chi connectivity index (χ2v) is 5.37. The highest BCUT2D eigenvalue weighted by Gasteiger charge is 2.11. The van der Waals surface area contributed by atoms with Gasteiger partial charge in [-0.1, -0.05) is 0 Å². The summed E-state index contributed by atoms with van der Waals surface area (Å²) in [5.41, 5.74) is 6.56. The molecule has 1 aromatic heterocycles. The van der Waals surface area contributed by atoms with Gasteiger partial charge in [0.15, 0.2) is 0 Å². The molecule has 1 unspecified atom stereocenters. The first kappa shape index (κ1) is 10.3. The van der Waals surface area contributed by atoms with E-state index in [0.717, 1.165) is 5.56 Å². The highest BCUT2D eigenvalue weighted by molar-refractivity contribution is 7.90. The molecule has 13 heavy (non-hydrogen) atoms. The Morgan fingerprint density at radius 3 is 2.77 bits per heavy atom. The van der Waals surface area contributed by atoms with Gasteiger partial charge in [0.25, 0.3) is 0 Å². The maximum absolute atomic E-state index is 10.9. The first-order valence-corrected chi connectivity index (χ1v) is 5.98. The Bertz CT molecular complexity index is 341. The summed E-state index contributed by atoms with van der Waals surface area (Å²) in [7, 11) is -2.98. The number of furan rings is 1. The lowest BCUT2D eigenvalue weighted by Crippen LogP contribution is -2.31. The largest absolute Gasteiger partial charge is 0.472 e. The van der Waals surface area contributed by atoms with Gasteiger partial charge in [-0.05, 0) is 18.1 Å². The van der Waals surface area contributed by atoms with Crippen LogP contribution in [0.5, 0.6) is 0 Å². The zero-order valence-corrected chi connectivity index (χ0v) is 8.25. The van der Waals surface area contributed by atoms with Crippen molar-refractivity contribution in [1.29, 1.82) is 0 Å². The fraction of sp³-hybridized carbons (Fsp3) is 0.500. The summed E-state index contributed by atoms with van der Waals surface area (Å²) in [5, 5.41) is 0. The third kappa shape index (κ3) is 4.10. The van der Waals surface area contributed by atoms with Crippen molar-refractivity contribution < 1.29 is 12.8 Å². The summed E-state index contributed by atoms with van der Waals surface area (Å²) in [5.74, 6) is 0.0121. The van der Waals surface area contributed by atoms with E-state index in [9.17, 15) is 8.42 Å². The molecule has 0 spiro atoms. The molecule has 4 nitrogen and oxygen atoms in total. The van der Waals surface area contributed by atoms with Crippen LogP contribution in [0.4, 0.5) is 0 Å². The molecule has 0 aliphatic rings. The van der Waals surface area contributed by atoms with E-state index >= 15 is 0 Å². The molecule has 1 heterocycles. The average Bonchev–Trinajstić information content (AvgIpc) is 2.34. The summed E-state index contributed by atoms with van der Waals surface area (Å²) < 4.78 is 26.6. The summed E-state index contributed by atoms with van der Waals surface area (Å²) in [4.78, 5) is 0. The van der Waals surface area contributed by atoms with E-state index in [0.29, 0.717) is 6.42 Å². The zero-order valence-electron chi connectivity index (χ0n) is 7.43. The van der Waals surface area contributed by atoms with Crippen LogP contribution in [0.15, 0.2) is 23.0 Å². The topological polar surface area (TPSA) is 73.3 Å². The number of nitrogens with two attached hydrogens (primary N) is 1. The fourth-order valence-electron chi connectivity index (χ4n) is 1.16. The van der Waals surface area contributed by atoms with Gasteiger partial charge in [-0.15, -0.1) is 0 Å². The van der Waals surface area contributed by atoms with Crippen LogP contribution in [-0.4, -0.2) is 26.5 Å². The normalized spacial score (nSPS) is 14.3. The van der Waals surface area contributed by atoms with E-state index in [1.807, 2.05) is 0 Å². The molecule has 0 aliphatic carbocycles. The zero-order chi connectivity index (χ0) is 9.90. The van der Waals surface area contributed by atoms with E-state index in [-0.39, 0.29) is 11.8 Å². The van der Waals surface area contributed by atoms with Gasteiger partial charge in [-0.25, -0.2) is 8.42 Å². The molecule has 2 N–H and O–H groups in total. The molecular formula is C8H13NO3S. The van der Waals surface area contributed by atoms with Crippen molar-refractivity contribution in [3.8, 4) is 0 Å². The van der Waals surface area contributed by atoms with Crippen molar-refractivity contribution >= 4 is 9.84 Å². The lowest BCUT2D eigenvalue weighted by Gasteiger charge is -2.07. The molecule has 0 saturated carbocycles. The summed E-state index contributed by atoms with van der Waals surface area (Å²) in [6, 6.07) is 1.43. The van der Waals surface area contributed by atoms with E-state index < -0.39 is 9.84 Å². The van der Waals surface area contributed by atoms with E-state index in [2.05, 4.69) is 0 Å². The molecule has 0 radical (unpaired) electrons. The highest BCUT2D eigenvalue weighted by Crippen LogP contribution is 2.03. The van der Waals surface area contributed by atoms with Gasteiger partial charge < -0.3 is 10.2 Å².